The first-order valence-electron chi connectivity index (χ1n) is 7.31. The predicted octanol–water partition coefficient (Wildman–Crippen LogP) is 3.61. The van der Waals surface area contributed by atoms with Gasteiger partial charge in [-0.2, -0.15) is 0 Å². The summed E-state index contributed by atoms with van der Waals surface area (Å²) in [5, 5.41) is 6.51. The van der Waals surface area contributed by atoms with Crippen LogP contribution in [0.1, 0.15) is 31.4 Å². The van der Waals surface area contributed by atoms with E-state index in [0.717, 1.165) is 36.6 Å². The lowest BCUT2D eigenvalue weighted by molar-refractivity contribution is 0.613. The Morgan fingerprint density at radius 3 is 2.43 bits per heavy atom. The lowest BCUT2D eigenvalue weighted by Crippen LogP contribution is -2.11. The van der Waals surface area contributed by atoms with E-state index in [2.05, 4.69) is 34.4 Å². The summed E-state index contributed by atoms with van der Waals surface area (Å²) in [6.45, 7) is 5.45. The van der Waals surface area contributed by atoms with Crippen LogP contribution >= 0.6 is 0 Å². The van der Waals surface area contributed by atoms with Crippen LogP contribution in [-0.4, -0.2) is 16.5 Å². The van der Waals surface area contributed by atoms with Gasteiger partial charge >= 0.3 is 0 Å². The van der Waals surface area contributed by atoms with Crippen molar-refractivity contribution >= 4 is 11.6 Å². The molecule has 0 saturated heterocycles. The van der Waals surface area contributed by atoms with Crippen molar-refractivity contribution in [1.82, 2.24) is 9.97 Å². The van der Waals surface area contributed by atoms with E-state index in [0.29, 0.717) is 12.1 Å². The molecule has 0 saturated carbocycles. The number of halogens is 1. The van der Waals surface area contributed by atoms with E-state index in [4.69, 9.17) is 0 Å². The third-order valence-corrected chi connectivity index (χ3v) is 3.25. The smallest absolute Gasteiger partial charge is 0.134 e. The van der Waals surface area contributed by atoms with E-state index in [-0.39, 0.29) is 5.82 Å². The molecule has 2 N–H and O–H groups in total. The lowest BCUT2D eigenvalue weighted by Gasteiger charge is -2.14. The van der Waals surface area contributed by atoms with Crippen LogP contribution in [0.2, 0.25) is 0 Å². The van der Waals surface area contributed by atoms with Crippen molar-refractivity contribution in [2.45, 2.75) is 33.2 Å². The number of hydrogen-bond donors (Lipinski definition) is 2. The lowest BCUT2D eigenvalue weighted by atomic mass is 10.2. The molecule has 2 rings (SSSR count). The van der Waals surface area contributed by atoms with Crippen LogP contribution in [0.15, 0.2) is 30.6 Å². The monoisotopic (exact) mass is 288 g/mol. The molecule has 112 valence electrons. The highest BCUT2D eigenvalue weighted by Gasteiger charge is 2.10. The molecule has 4 nitrogen and oxygen atoms in total. The van der Waals surface area contributed by atoms with Gasteiger partial charge < -0.3 is 10.6 Å². The van der Waals surface area contributed by atoms with E-state index in [1.54, 1.807) is 12.1 Å². The molecule has 0 amide bonds. The second-order valence-electron chi connectivity index (χ2n) is 4.77. The molecule has 0 bridgehead atoms. The minimum absolute atomic E-state index is 0.207. The fourth-order valence-electron chi connectivity index (χ4n) is 2.12. The normalized spacial score (nSPS) is 10.4. The SMILES string of the molecule is CCCNc1ncnc(NCc2ccccc2F)c1CC. The first-order valence-corrected chi connectivity index (χ1v) is 7.31. The third kappa shape index (κ3) is 3.90. The summed E-state index contributed by atoms with van der Waals surface area (Å²) >= 11 is 0. The Morgan fingerprint density at radius 2 is 1.76 bits per heavy atom. The Bertz CT molecular complexity index is 586. The van der Waals surface area contributed by atoms with Crippen molar-refractivity contribution < 1.29 is 4.39 Å². The molecule has 0 unspecified atom stereocenters. The van der Waals surface area contributed by atoms with Crippen LogP contribution in [-0.2, 0) is 13.0 Å². The summed E-state index contributed by atoms with van der Waals surface area (Å²) in [5.41, 5.74) is 1.66. The van der Waals surface area contributed by atoms with E-state index >= 15 is 0 Å². The maximum Gasteiger partial charge on any atom is 0.134 e. The fraction of sp³-hybridized carbons (Fsp3) is 0.375. The first-order chi connectivity index (χ1) is 10.3. The minimum atomic E-state index is -0.207. The van der Waals surface area contributed by atoms with Gasteiger partial charge in [0.25, 0.3) is 0 Å². The molecule has 5 heteroatoms. The summed E-state index contributed by atoms with van der Waals surface area (Å²) in [6, 6.07) is 6.75. The van der Waals surface area contributed by atoms with Crippen molar-refractivity contribution in [2.24, 2.45) is 0 Å². The number of anilines is 2. The molecule has 0 aliphatic heterocycles. The van der Waals surface area contributed by atoms with Crippen LogP contribution in [0.25, 0.3) is 0 Å². The van der Waals surface area contributed by atoms with Crippen molar-refractivity contribution in [2.75, 3.05) is 17.2 Å². The van der Waals surface area contributed by atoms with Crippen LogP contribution in [0.3, 0.4) is 0 Å². The maximum absolute atomic E-state index is 13.6. The van der Waals surface area contributed by atoms with E-state index < -0.39 is 0 Å². The Balaban J connectivity index is 2.14. The largest absolute Gasteiger partial charge is 0.370 e. The van der Waals surface area contributed by atoms with Crippen molar-refractivity contribution in [3.05, 3.63) is 47.5 Å². The highest BCUT2D eigenvalue weighted by atomic mass is 19.1. The number of nitrogens with one attached hydrogen (secondary N) is 2. The van der Waals surface area contributed by atoms with Crippen LogP contribution in [0.4, 0.5) is 16.0 Å². The second-order valence-corrected chi connectivity index (χ2v) is 4.77. The molecule has 0 atom stereocenters. The molecule has 0 aliphatic carbocycles. The molecule has 0 spiro atoms. The molecule has 1 heterocycles. The molecule has 2 aromatic rings. The third-order valence-electron chi connectivity index (χ3n) is 3.25. The zero-order valence-electron chi connectivity index (χ0n) is 12.5. The molecule has 0 aliphatic rings. The summed E-state index contributed by atoms with van der Waals surface area (Å²) < 4.78 is 13.6. The van der Waals surface area contributed by atoms with Gasteiger partial charge in [0.15, 0.2) is 0 Å². The Kier molecular flexibility index (Phi) is 5.49. The van der Waals surface area contributed by atoms with Gasteiger partial charge in [-0.1, -0.05) is 32.0 Å². The van der Waals surface area contributed by atoms with E-state index in [1.165, 1.54) is 12.4 Å². The minimum Gasteiger partial charge on any atom is -0.370 e. The van der Waals surface area contributed by atoms with Gasteiger partial charge in [0.2, 0.25) is 0 Å². The Labute approximate surface area is 124 Å². The quantitative estimate of drug-likeness (QED) is 0.817. The van der Waals surface area contributed by atoms with Gasteiger partial charge in [-0.3, -0.25) is 0 Å². The van der Waals surface area contributed by atoms with Gasteiger partial charge in [0.05, 0.1) is 0 Å². The highest BCUT2D eigenvalue weighted by molar-refractivity contribution is 5.57. The molecule has 0 fully saturated rings. The summed E-state index contributed by atoms with van der Waals surface area (Å²) in [6.07, 6.45) is 3.37. The van der Waals surface area contributed by atoms with Crippen molar-refractivity contribution in [3.63, 3.8) is 0 Å². The van der Waals surface area contributed by atoms with Crippen LogP contribution in [0, 0.1) is 5.82 Å². The van der Waals surface area contributed by atoms with Gasteiger partial charge in [-0.05, 0) is 18.9 Å². The molecule has 1 aromatic carbocycles. The van der Waals surface area contributed by atoms with Crippen LogP contribution < -0.4 is 10.6 Å². The van der Waals surface area contributed by atoms with Gasteiger partial charge in [0.1, 0.15) is 23.8 Å². The number of benzene rings is 1. The summed E-state index contributed by atoms with van der Waals surface area (Å²) in [7, 11) is 0. The fourth-order valence-corrected chi connectivity index (χ4v) is 2.12. The number of nitrogens with zero attached hydrogens (tertiary/aromatic N) is 2. The highest BCUT2D eigenvalue weighted by Crippen LogP contribution is 2.21. The molecule has 1 aromatic heterocycles. The second kappa shape index (κ2) is 7.57. The van der Waals surface area contributed by atoms with Gasteiger partial charge in [0, 0.05) is 24.2 Å². The maximum atomic E-state index is 13.6. The molecule has 0 radical (unpaired) electrons. The van der Waals surface area contributed by atoms with Crippen molar-refractivity contribution in [1.29, 1.82) is 0 Å². The van der Waals surface area contributed by atoms with Crippen molar-refractivity contribution in [3.8, 4) is 0 Å². The zero-order chi connectivity index (χ0) is 15.1. The standard InChI is InChI=1S/C16H21FN4/c1-3-9-18-15-13(4-2)16(21-11-20-15)19-10-12-7-5-6-8-14(12)17/h5-8,11H,3-4,9-10H2,1-2H3,(H2,18,19,20,21). The zero-order valence-corrected chi connectivity index (χ0v) is 12.5. The molecular weight excluding hydrogens is 267 g/mol. The number of hydrogen-bond acceptors (Lipinski definition) is 4. The Hall–Kier alpha value is -2.17. The average molecular weight is 288 g/mol. The summed E-state index contributed by atoms with van der Waals surface area (Å²) in [4.78, 5) is 8.56. The Morgan fingerprint density at radius 1 is 1.05 bits per heavy atom. The van der Waals surface area contributed by atoms with E-state index in [1.807, 2.05) is 6.07 Å². The average Bonchev–Trinajstić information content (AvgIpc) is 2.52. The van der Waals surface area contributed by atoms with Gasteiger partial charge in [-0.25, -0.2) is 14.4 Å². The van der Waals surface area contributed by atoms with Gasteiger partial charge in [-0.15, -0.1) is 0 Å². The predicted molar refractivity (Wildman–Crippen MR) is 83.9 cm³/mol. The van der Waals surface area contributed by atoms with Crippen LogP contribution in [0.5, 0.6) is 0 Å². The summed E-state index contributed by atoms with van der Waals surface area (Å²) in [5.74, 6) is 1.40. The van der Waals surface area contributed by atoms with E-state index in [9.17, 15) is 4.39 Å². The first kappa shape index (κ1) is 15.2. The number of aromatic nitrogens is 2. The molecule has 21 heavy (non-hydrogen) atoms. The molecular formula is C16H21FN4. The number of rotatable bonds is 7. The topological polar surface area (TPSA) is 49.8 Å².